The molecule has 0 aromatic heterocycles. The normalized spacial score (nSPS) is 18.3. The van der Waals surface area contributed by atoms with Gasteiger partial charge in [0.1, 0.15) is 5.75 Å². The van der Waals surface area contributed by atoms with E-state index in [-0.39, 0.29) is 10.8 Å². The second-order valence-corrected chi connectivity index (χ2v) is 8.08. The van der Waals surface area contributed by atoms with Gasteiger partial charge < -0.3 is 20.1 Å². The van der Waals surface area contributed by atoms with E-state index in [1.165, 1.54) is 5.56 Å². The molecular formula is C20H33N3O2S. The van der Waals surface area contributed by atoms with Gasteiger partial charge in [-0.15, -0.1) is 0 Å². The van der Waals surface area contributed by atoms with E-state index >= 15 is 0 Å². The van der Waals surface area contributed by atoms with E-state index in [9.17, 15) is 0 Å². The largest absolute Gasteiger partial charge is 0.496 e. The fourth-order valence-corrected chi connectivity index (χ4v) is 3.96. The van der Waals surface area contributed by atoms with E-state index in [4.69, 9.17) is 14.5 Å². The quantitative estimate of drug-likeness (QED) is 0.561. The monoisotopic (exact) mass is 379 g/mol. The van der Waals surface area contributed by atoms with E-state index in [1.54, 1.807) is 7.11 Å². The third-order valence-electron chi connectivity index (χ3n) is 4.91. The molecule has 1 aromatic rings. The predicted octanol–water partition coefficient (Wildman–Crippen LogP) is 3.53. The molecule has 1 aliphatic heterocycles. The average molecular weight is 380 g/mol. The minimum Gasteiger partial charge on any atom is -0.496 e. The van der Waals surface area contributed by atoms with Crippen LogP contribution >= 0.6 is 11.8 Å². The van der Waals surface area contributed by atoms with Crippen molar-refractivity contribution in [2.24, 2.45) is 4.99 Å². The number of guanidine groups is 1. The second kappa shape index (κ2) is 10.1. The molecular weight excluding hydrogens is 346 g/mol. The molecule has 1 aromatic carbocycles. The van der Waals surface area contributed by atoms with Crippen LogP contribution in [-0.2, 0) is 4.74 Å². The number of aryl methyl sites for hydroxylation is 1. The topological polar surface area (TPSA) is 54.9 Å². The molecule has 6 heteroatoms. The van der Waals surface area contributed by atoms with Gasteiger partial charge in [-0.2, -0.15) is 11.8 Å². The Morgan fingerprint density at radius 1 is 1.38 bits per heavy atom. The van der Waals surface area contributed by atoms with Crippen LogP contribution < -0.4 is 15.4 Å². The van der Waals surface area contributed by atoms with Gasteiger partial charge >= 0.3 is 0 Å². The maximum Gasteiger partial charge on any atom is 0.191 e. The number of thioether (sulfide) groups is 1. The molecule has 0 amide bonds. The molecule has 26 heavy (non-hydrogen) atoms. The summed E-state index contributed by atoms with van der Waals surface area (Å²) in [4.78, 5) is 4.90. The van der Waals surface area contributed by atoms with Crippen LogP contribution in [0.2, 0.25) is 0 Å². The molecule has 5 nitrogen and oxygen atoms in total. The molecule has 0 bridgehead atoms. The van der Waals surface area contributed by atoms with Crippen molar-refractivity contribution in [3.63, 3.8) is 0 Å². The van der Waals surface area contributed by atoms with Crippen LogP contribution in [0.4, 0.5) is 0 Å². The highest BCUT2D eigenvalue weighted by molar-refractivity contribution is 8.00. The summed E-state index contributed by atoms with van der Waals surface area (Å²) in [6.07, 6.45) is 4.29. The Morgan fingerprint density at radius 3 is 2.73 bits per heavy atom. The molecule has 1 saturated heterocycles. The first-order valence-electron chi connectivity index (χ1n) is 9.36. The summed E-state index contributed by atoms with van der Waals surface area (Å²) in [6.45, 7) is 9.62. The fourth-order valence-electron chi connectivity index (χ4n) is 3.19. The van der Waals surface area contributed by atoms with Gasteiger partial charge in [0.05, 0.1) is 19.7 Å². The van der Waals surface area contributed by atoms with E-state index in [2.05, 4.69) is 49.8 Å². The van der Waals surface area contributed by atoms with Crippen molar-refractivity contribution in [3.8, 4) is 5.75 Å². The lowest BCUT2D eigenvalue weighted by atomic mass is 9.99. The van der Waals surface area contributed by atoms with Crippen LogP contribution in [-0.4, -0.2) is 50.4 Å². The lowest BCUT2D eigenvalue weighted by molar-refractivity contribution is 0.0794. The molecule has 2 rings (SSSR count). The summed E-state index contributed by atoms with van der Waals surface area (Å²) >= 11 is 1.91. The highest BCUT2D eigenvalue weighted by Gasteiger charge is 2.31. The number of hydrogen-bond donors (Lipinski definition) is 2. The second-order valence-electron chi connectivity index (χ2n) is 6.81. The van der Waals surface area contributed by atoms with Crippen molar-refractivity contribution in [1.82, 2.24) is 10.6 Å². The maximum absolute atomic E-state index is 5.53. The number of aliphatic imine (C=N–C) groups is 1. The van der Waals surface area contributed by atoms with Crippen LogP contribution in [0.1, 0.15) is 43.9 Å². The molecule has 1 aliphatic rings. The summed E-state index contributed by atoms with van der Waals surface area (Å²) in [5.41, 5.74) is 2.36. The molecule has 0 saturated carbocycles. The van der Waals surface area contributed by atoms with Crippen LogP contribution in [0.25, 0.3) is 0 Å². The van der Waals surface area contributed by atoms with Crippen molar-refractivity contribution in [3.05, 3.63) is 29.3 Å². The Kier molecular flexibility index (Phi) is 8.10. The Labute approximate surface area is 162 Å². The molecule has 1 fully saturated rings. The summed E-state index contributed by atoms with van der Waals surface area (Å²) in [5, 5.41) is 6.91. The molecule has 1 atom stereocenters. The van der Waals surface area contributed by atoms with Gasteiger partial charge in [-0.3, -0.25) is 4.99 Å². The molecule has 2 N–H and O–H groups in total. The summed E-state index contributed by atoms with van der Waals surface area (Å²) in [5.74, 6) is 1.75. The van der Waals surface area contributed by atoms with Gasteiger partial charge in [0.2, 0.25) is 0 Å². The molecule has 146 valence electrons. The zero-order valence-corrected chi connectivity index (χ0v) is 17.5. The van der Waals surface area contributed by atoms with Crippen LogP contribution in [0.3, 0.4) is 0 Å². The lowest BCUT2D eigenvalue weighted by Crippen LogP contribution is -2.41. The number of rotatable bonds is 7. The molecule has 0 aliphatic carbocycles. The minimum absolute atomic E-state index is 0.0996. The smallest absolute Gasteiger partial charge is 0.191 e. The predicted molar refractivity (Wildman–Crippen MR) is 112 cm³/mol. The highest BCUT2D eigenvalue weighted by Crippen LogP contribution is 2.34. The number of ether oxygens (including phenoxy) is 2. The van der Waals surface area contributed by atoms with Crippen molar-refractivity contribution in [1.29, 1.82) is 0 Å². The maximum atomic E-state index is 5.53. The van der Waals surface area contributed by atoms with Crippen LogP contribution in [0, 0.1) is 6.92 Å². The van der Waals surface area contributed by atoms with Gasteiger partial charge in [0, 0.05) is 30.1 Å². The van der Waals surface area contributed by atoms with Crippen molar-refractivity contribution in [2.45, 2.75) is 44.4 Å². The van der Waals surface area contributed by atoms with E-state index in [0.29, 0.717) is 0 Å². The summed E-state index contributed by atoms with van der Waals surface area (Å²) < 4.78 is 11.3. The average Bonchev–Trinajstić information content (AvgIpc) is 2.67. The fraction of sp³-hybridized carbons (Fsp3) is 0.650. The first kappa shape index (κ1) is 20.9. The zero-order chi connectivity index (χ0) is 19.0. The van der Waals surface area contributed by atoms with Crippen molar-refractivity contribution in [2.75, 3.05) is 39.7 Å². The SMILES string of the molecule is CCNC(=NCC1(SC)CCOCC1)NC(C)c1cc(C)ccc1OC. The number of hydrogen-bond acceptors (Lipinski definition) is 4. The van der Waals surface area contributed by atoms with Gasteiger partial charge in [-0.05, 0) is 45.9 Å². The molecule has 1 heterocycles. The number of nitrogens with one attached hydrogen (secondary N) is 2. The third-order valence-corrected chi connectivity index (χ3v) is 6.31. The molecule has 0 spiro atoms. The number of nitrogens with zero attached hydrogens (tertiary/aromatic N) is 1. The number of benzene rings is 1. The summed E-state index contributed by atoms with van der Waals surface area (Å²) in [7, 11) is 1.72. The van der Waals surface area contributed by atoms with Gasteiger partial charge in [-0.1, -0.05) is 17.7 Å². The summed E-state index contributed by atoms with van der Waals surface area (Å²) in [6, 6.07) is 6.36. The third kappa shape index (κ3) is 5.55. The lowest BCUT2D eigenvalue weighted by Gasteiger charge is -2.34. The molecule has 1 unspecified atom stereocenters. The zero-order valence-electron chi connectivity index (χ0n) is 16.7. The Morgan fingerprint density at radius 2 is 2.12 bits per heavy atom. The van der Waals surface area contributed by atoms with Crippen molar-refractivity contribution < 1.29 is 9.47 Å². The van der Waals surface area contributed by atoms with Crippen LogP contribution in [0.15, 0.2) is 23.2 Å². The molecule has 0 radical (unpaired) electrons. The Balaban J connectivity index is 2.12. The Bertz CT molecular complexity index is 601. The van der Waals surface area contributed by atoms with Crippen molar-refractivity contribution >= 4 is 17.7 Å². The van der Waals surface area contributed by atoms with E-state index < -0.39 is 0 Å². The first-order valence-corrected chi connectivity index (χ1v) is 10.6. The van der Waals surface area contributed by atoms with Gasteiger partial charge in [-0.25, -0.2) is 0 Å². The number of methoxy groups -OCH3 is 1. The van der Waals surface area contributed by atoms with Gasteiger partial charge in [0.25, 0.3) is 0 Å². The van der Waals surface area contributed by atoms with E-state index in [1.807, 2.05) is 17.8 Å². The first-order chi connectivity index (χ1) is 12.5. The van der Waals surface area contributed by atoms with E-state index in [0.717, 1.165) is 56.4 Å². The highest BCUT2D eigenvalue weighted by atomic mass is 32.2. The van der Waals surface area contributed by atoms with Crippen LogP contribution in [0.5, 0.6) is 5.75 Å². The van der Waals surface area contributed by atoms with Gasteiger partial charge in [0.15, 0.2) is 5.96 Å². The minimum atomic E-state index is 0.0996. The standard InChI is InChI=1S/C20H33N3O2S/c1-6-21-19(22-14-20(26-5)9-11-25-12-10-20)23-16(3)17-13-15(2)7-8-18(17)24-4/h7-8,13,16H,6,9-12,14H2,1-5H3,(H2,21,22,23). The Hall–Kier alpha value is -1.40.